The number of urea groups is 1. The van der Waals surface area contributed by atoms with E-state index >= 15 is 0 Å². The molecule has 4 rings (SSSR count). The highest BCUT2D eigenvalue weighted by Gasteiger charge is 2.46. The van der Waals surface area contributed by atoms with E-state index in [4.69, 9.17) is 4.52 Å². The molecule has 2 aromatic rings. The maximum atomic E-state index is 14.0. The van der Waals surface area contributed by atoms with Gasteiger partial charge in [-0.05, 0) is 24.6 Å². The molecule has 1 aliphatic carbocycles. The minimum Gasteiger partial charge on any atom is -0.335 e. The van der Waals surface area contributed by atoms with Gasteiger partial charge in [-0.15, -0.1) is 0 Å². The van der Waals surface area contributed by atoms with Crippen LogP contribution in [0.25, 0.3) is 11.4 Å². The first-order valence-electron chi connectivity index (χ1n) is 9.02. The summed E-state index contributed by atoms with van der Waals surface area (Å²) in [4.78, 5) is 31.1. The van der Waals surface area contributed by atoms with Crippen LogP contribution < -0.4 is 0 Å². The van der Waals surface area contributed by atoms with E-state index in [1.54, 1.807) is 42.5 Å². The summed E-state index contributed by atoms with van der Waals surface area (Å²) in [7, 11) is 0. The normalized spacial score (nSPS) is 18.8. The van der Waals surface area contributed by atoms with Gasteiger partial charge in [-0.3, -0.25) is 0 Å². The molecular weight excluding hydrogens is 363 g/mol. The van der Waals surface area contributed by atoms with Gasteiger partial charge in [-0.1, -0.05) is 42.4 Å². The number of fused-ring (bicyclic) bond motifs is 1. The molecule has 7 nitrogen and oxygen atoms in total. The quantitative estimate of drug-likeness (QED) is 0.744. The lowest BCUT2D eigenvalue weighted by atomic mass is 9.94. The Bertz CT molecular complexity index is 1040. The maximum absolute atomic E-state index is 14.0. The molecule has 2 heterocycles. The van der Waals surface area contributed by atoms with Crippen molar-refractivity contribution in [3.63, 3.8) is 0 Å². The fourth-order valence-electron chi connectivity index (χ4n) is 3.31. The fourth-order valence-corrected chi connectivity index (χ4v) is 3.31. The van der Waals surface area contributed by atoms with Gasteiger partial charge in [0.05, 0.1) is 12.1 Å². The van der Waals surface area contributed by atoms with Crippen LogP contribution in [0, 0.1) is 11.7 Å². The summed E-state index contributed by atoms with van der Waals surface area (Å²) >= 11 is 0. The lowest BCUT2D eigenvalue weighted by molar-refractivity contribution is -0.460. The van der Waals surface area contributed by atoms with Crippen LogP contribution in [0.1, 0.15) is 19.2 Å². The summed E-state index contributed by atoms with van der Waals surface area (Å²) in [5.74, 6) is -0.954. The van der Waals surface area contributed by atoms with Gasteiger partial charge in [0.1, 0.15) is 17.4 Å². The number of carbonyl (C=O) groups is 2. The second kappa shape index (κ2) is 7.30. The molecule has 1 aliphatic heterocycles. The third-order valence-electron chi connectivity index (χ3n) is 4.63. The van der Waals surface area contributed by atoms with Gasteiger partial charge in [0.2, 0.25) is 5.82 Å². The van der Waals surface area contributed by atoms with E-state index in [0.717, 1.165) is 0 Å². The van der Waals surface area contributed by atoms with Gasteiger partial charge in [-0.25, -0.2) is 9.18 Å². The topological polar surface area (TPSA) is 79.3 Å². The first-order valence-corrected chi connectivity index (χ1v) is 9.02. The highest BCUT2D eigenvalue weighted by atomic mass is 19.1. The standard InChI is InChI=1S/C20H18FN4O3/c1-2-11-24-19(26)14-8-4-6-10-16(14)25(20(24)27)12-17-22-18(23-28-17)13-7-3-5-9-15(13)21/h3-10,14H,2,11-12H2,1H3/q+1. The third-order valence-corrected chi connectivity index (χ3v) is 4.63. The molecule has 8 heteroatoms. The number of rotatable bonds is 5. The predicted octanol–water partition coefficient (Wildman–Crippen LogP) is 2.94. The van der Waals surface area contributed by atoms with Crippen LogP contribution in [-0.2, 0) is 11.3 Å². The predicted molar refractivity (Wildman–Crippen MR) is 97.8 cm³/mol. The molecular formula is C20H18FN4O3+. The summed E-state index contributed by atoms with van der Waals surface area (Å²) in [6.45, 7) is 2.23. The second-order valence-corrected chi connectivity index (χ2v) is 6.50. The molecule has 1 aromatic carbocycles. The number of benzene rings is 1. The average Bonchev–Trinajstić information content (AvgIpc) is 3.17. The van der Waals surface area contributed by atoms with E-state index in [1.807, 2.05) is 6.92 Å². The number of halogens is 1. The second-order valence-electron chi connectivity index (χ2n) is 6.50. The summed E-state index contributed by atoms with van der Waals surface area (Å²) in [5, 5.41) is 3.83. The summed E-state index contributed by atoms with van der Waals surface area (Å²) in [5.41, 5.74) is 0.784. The molecule has 3 amide bonds. The highest BCUT2D eigenvalue weighted by Crippen LogP contribution is 2.23. The zero-order valence-corrected chi connectivity index (χ0v) is 15.2. The molecule has 142 valence electrons. The van der Waals surface area contributed by atoms with E-state index < -0.39 is 17.8 Å². The molecule has 2 aliphatic rings. The summed E-state index contributed by atoms with van der Waals surface area (Å²) < 4.78 is 20.7. The van der Waals surface area contributed by atoms with E-state index in [0.29, 0.717) is 18.7 Å². The number of hydrogen-bond donors (Lipinski definition) is 0. The Hall–Kier alpha value is -3.42. The number of aromatic nitrogens is 2. The van der Waals surface area contributed by atoms with Gasteiger partial charge in [0.15, 0.2) is 6.54 Å². The number of allylic oxidation sites excluding steroid dienone is 3. The SMILES string of the molecule is CCCN1C(=O)C2C=CC=CC2=[N+](Cc2nc(-c3ccccc3F)no2)C1=O. The van der Waals surface area contributed by atoms with Crippen molar-refractivity contribution in [2.75, 3.05) is 6.54 Å². The molecule has 0 saturated carbocycles. The van der Waals surface area contributed by atoms with Crippen molar-refractivity contribution in [1.82, 2.24) is 15.0 Å². The minimum atomic E-state index is -0.525. The lowest BCUT2D eigenvalue weighted by Crippen LogP contribution is -2.54. The van der Waals surface area contributed by atoms with Crippen LogP contribution in [0.5, 0.6) is 0 Å². The van der Waals surface area contributed by atoms with Crippen molar-refractivity contribution >= 4 is 17.6 Å². The fraction of sp³-hybridized carbons (Fsp3) is 0.250. The average molecular weight is 381 g/mol. The van der Waals surface area contributed by atoms with Gasteiger partial charge in [-0.2, -0.15) is 19.3 Å². The van der Waals surface area contributed by atoms with Gasteiger partial charge in [0, 0.05) is 0 Å². The number of carbonyl (C=O) groups excluding carboxylic acids is 2. The van der Waals surface area contributed by atoms with Crippen molar-refractivity contribution in [2.24, 2.45) is 5.92 Å². The molecule has 1 aromatic heterocycles. The molecule has 0 N–H and O–H groups in total. The first-order chi connectivity index (χ1) is 13.6. The monoisotopic (exact) mass is 381 g/mol. The van der Waals surface area contributed by atoms with E-state index in [-0.39, 0.29) is 29.7 Å². The smallest absolute Gasteiger partial charge is 0.335 e. The molecule has 0 bridgehead atoms. The largest absolute Gasteiger partial charge is 0.501 e. The van der Waals surface area contributed by atoms with Crippen LogP contribution in [0.4, 0.5) is 9.18 Å². The molecule has 1 atom stereocenters. The molecule has 1 unspecified atom stereocenters. The Morgan fingerprint density at radius 2 is 2.07 bits per heavy atom. The van der Waals surface area contributed by atoms with Crippen molar-refractivity contribution in [1.29, 1.82) is 0 Å². The van der Waals surface area contributed by atoms with Crippen LogP contribution in [0.3, 0.4) is 0 Å². The van der Waals surface area contributed by atoms with E-state index in [1.165, 1.54) is 15.5 Å². The Balaban J connectivity index is 1.69. The highest BCUT2D eigenvalue weighted by molar-refractivity contribution is 6.16. The Kier molecular flexibility index (Phi) is 4.68. The Morgan fingerprint density at radius 3 is 2.86 bits per heavy atom. The maximum Gasteiger partial charge on any atom is 0.501 e. The Morgan fingerprint density at radius 1 is 1.25 bits per heavy atom. The van der Waals surface area contributed by atoms with E-state index in [2.05, 4.69) is 10.1 Å². The van der Waals surface area contributed by atoms with Crippen LogP contribution in [-0.4, -0.2) is 43.8 Å². The number of imide groups is 1. The van der Waals surface area contributed by atoms with Gasteiger partial charge in [0.25, 0.3) is 5.89 Å². The lowest BCUT2D eigenvalue weighted by Gasteiger charge is -2.26. The van der Waals surface area contributed by atoms with Crippen molar-refractivity contribution in [3.05, 3.63) is 60.3 Å². The first kappa shape index (κ1) is 18.0. The number of nitrogens with zero attached hydrogens (tertiary/aromatic N) is 4. The van der Waals surface area contributed by atoms with Crippen LogP contribution in [0.2, 0.25) is 0 Å². The minimum absolute atomic E-state index is 0.00219. The van der Waals surface area contributed by atoms with Gasteiger partial charge < -0.3 is 4.52 Å². The van der Waals surface area contributed by atoms with Crippen molar-refractivity contribution < 1.29 is 23.1 Å². The summed E-state index contributed by atoms with van der Waals surface area (Å²) in [6.07, 6.45) is 7.71. The Labute approximate surface area is 160 Å². The van der Waals surface area contributed by atoms with Gasteiger partial charge >= 0.3 is 11.9 Å². The third kappa shape index (κ3) is 3.06. The molecule has 0 fully saturated rings. The van der Waals surface area contributed by atoms with Crippen LogP contribution >= 0.6 is 0 Å². The molecule has 0 spiro atoms. The van der Waals surface area contributed by atoms with Crippen molar-refractivity contribution in [2.45, 2.75) is 19.9 Å². The molecule has 0 radical (unpaired) electrons. The zero-order chi connectivity index (χ0) is 19.7. The zero-order valence-electron chi connectivity index (χ0n) is 15.2. The van der Waals surface area contributed by atoms with Crippen LogP contribution in [0.15, 0.2) is 53.1 Å². The number of hydrogen-bond acceptors (Lipinski definition) is 5. The number of amides is 3. The summed E-state index contributed by atoms with van der Waals surface area (Å²) in [6, 6.07) is 5.69. The molecule has 28 heavy (non-hydrogen) atoms. The van der Waals surface area contributed by atoms with E-state index in [9.17, 15) is 14.0 Å². The molecule has 0 saturated heterocycles. The van der Waals surface area contributed by atoms with Crippen molar-refractivity contribution in [3.8, 4) is 11.4 Å².